The van der Waals surface area contributed by atoms with Crippen molar-refractivity contribution in [2.45, 2.75) is 19.0 Å². The first-order valence-corrected chi connectivity index (χ1v) is 9.65. The van der Waals surface area contributed by atoms with Gasteiger partial charge in [-0.2, -0.15) is 0 Å². The highest BCUT2D eigenvalue weighted by molar-refractivity contribution is 7.99. The van der Waals surface area contributed by atoms with Gasteiger partial charge in [0, 0.05) is 12.3 Å². The minimum absolute atomic E-state index is 0.0119. The van der Waals surface area contributed by atoms with Gasteiger partial charge in [0.2, 0.25) is 0 Å². The molecule has 0 aliphatic heterocycles. The van der Waals surface area contributed by atoms with Gasteiger partial charge in [-0.3, -0.25) is 9.36 Å². The molecule has 3 rings (SSSR count). The Hall–Kier alpha value is -2.11. The van der Waals surface area contributed by atoms with Crippen LogP contribution in [0.3, 0.4) is 0 Å². The Balaban J connectivity index is 2.02. The van der Waals surface area contributed by atoms with E-state index in [0.717, 1.165) is 41.7 Å². The molecule has 0 aliphatic carbocycles. The molecule has 2 aromatic carbocycles. The lowest BCUT2D eigenvalue weighted by atomic mass is 10.2. The summed E-state index contributed by atoms with van der Waals surface area (Å²) in [5.74, 6) is 0.902. The summed E-state index contributed by atoms with van der Waals surface area (Å²) in [7, 11) is 0. The second kappa shape index (κ2) is 8.32. The Labute approximate surface area is 152 Å². The summed E-state index contributed by atoms with van der Waals surface area (Å²) < 4.78 is 1.73. The first-order chi connectivity index (χ1) is 12.2. The molecule has 0 atom stereocenters. The van der Waals surface area contributed by atoms with Gasteiger partial charge in [0.15, 0.2) is 5.16 Å². The van der Waals surface area contributed by atoms with Crippen molar-refractivity contribution < 1.29 is 0 Å². The SMILES string of the molecule is CCN(CC)CCSc1nc2ccccc2c(=O)n1-c1ccccc1. The third-order valence-corrected chi connectivity index (χ3v) is 5.21. The van der Waals surface area contributed by atoms with Crippen LogP contribution in [0.4, 0.5) is 0 Å². The zero-order valence-corrected chi connectivity index (χ0v) is 15.5. The summed E-state index contributed by atoms with van der Waals surface area (Å²) >= 11 is 1.64. The van der Waals surface area contributed by atoms with E-state index in [1.165, 1.54) is 0 Å². The van der Waals surface area contributed by atoms with Crippen LogP contribution in [0.25, 0.3) is 16.6 Å². The Kier molecular flexibility index (Phi) is 5.89. The van der Waals surface area contributed by atoms with E-state index in [2.05, 4.69) is 18.7 Å². The number of aromatic nitrogens is 2. The average molecular weight is 353 g/mol. The summed E-state index contributed by atoms with van der Waals surface area (Å²) in [6.45, 7) is 7.39. The topological polar surface area (TPSA) is 38.1 Å². The summed E-state index contributed by atoms with van der Waals surface area (Å²) in [6.07, 6.45) is 0. The molecule has 0 saturated carbocycles. The molecule has 1 aromatic heterocycles. The van der Waals surface area contributed by atoms with Gasteiger partial charge in [0.25, 0.3) is 5.56 Å². The molecule has 5 heteroatoms. The lowest BCUT2D eigenvalue weighted by molar-refractivity contribution is 0.324. The van der Waals surface area contributed by atoms with E-state index in [4.69, 9.17) is 4.98 Å². The van der Waals surface area contributed by atoms with E-state index in [9.17, 15) is 4.79 Å². The number of nitrogens with zero attached hydrogens (tertiary/aromatic N) is 3. The number of rotatable bonds is 7. The van der Waals surface area contributed by atoms with E-state index in [-0.39, 0.29) is 5.56 Å². The predicted octanol–water partition coefficient (Wildman–Crippen LogP) is 3.82. The van der Waals surface area contributed by atoms with Crippen LogP contribution >= 0.6 is 11.8 Å². The van der Waals surface area contributed by atoms with Crippen molar-refractivity contribution in [2.75, 3.05) is 25.4 Å². The Morgan fingerprint density at radius 1 is 1.00 bits per heavy atom. The number of para-hydroxylation sites is 2. The van der Waals surface area contributed by atoms with Gasteiger partial charge in [-0.25, -0.2) is 4.98 Å². The fourth-order valence-corrected chi connectivity index (χ4v) is 3.83. The van der Waals surface area contributed by atoms with Crippen LogP contribution in [0, 0.1) is 0 Å². The number of benzene rings is 2. The lowest BCUT2D eigenvalue weighted by Crippen LogP contribution is -2.26. The molecule has 0 aliphatic rings. The first-order valence-electron chi connectivity index (χ1n) is 8.67. The molecule has 130 valence electrons. The van der Waals surface area contributed by atoms with Gasteiger partial charge in [-0.1, -0.05) is 55.9 Å². The fraction of sp³-hybridized carbons (Fsp3) is 0.300. The molecule has 0 radical (unpaired) electrons. The van der Waals surface area contributed by atoms with Crippen LogP contribution in [0.1, 0.15) is 13.8 Å². The minimum Gasteiger partial charge on any atom is -0.303 e. The highest BCUT2D eigenvalue weighted by Crippen LogP contribution is 2.21. The Morgan fingerprint density at radius 3 is 2.40 bits per heavy atom. The van der Waals surface area contributed by atoms with Crippen molar-refractivity contribution in [3.8, 4) is 5.69 Å². The molecule has 0 N–H and O–H groups in total. The normalized spacial score (nSPS) is 11.3. The molecule has 3 aromatic rings. The third kappa shape index (κ3) is 3.94. The van der Waals surface area contributed by atoms with Crippen molar-refractivity contribution in [3.63, 3.8) is 0 Å². The van der Waals surface area contributed by atoms with E-state index >= 15 is 0 Å². The maximum absolute atomic E-state index is 13.1. The zero-order chi connectivity index (χ0) is 17.6. The van der Waals surface area contributed by atoms with E-state index in [0.29, 0.717) is 5.39 Å². The largest absolute Gasteiger partial charge is 0.303 e. The van der Waals surface area contributed by atoms with Crippen LogP contribution in [-0.4, -0.2) is 39.8 Å². The maximum Gasteiger partial charge on any atom is 0.266 e. The van der Waals surface area contributed by atoms with Crippen molar-refractivity contribution >= 4 is 22.7 Å². The third-order valence-electron chi connectivity index (χ3n) is 4.29. The van der Waals surface area contributed by atoms with Gasteiger partial charge in [0.1, 0.15) is 0 Å². The Bertz CT molecular complexity index is 888. The summed E-state index contributed by atoms with van der Waals surface area (Å²) in [6, 6.07) is 17.3. The second-order valence-corrected chi connectivity index (χ2v) is 6.83. The average Bonchev–Trinajstić information content (AvgIpc) is 2.66. The summed E-state index contributed by atoms with van der Waals surface area (Å²) in [4.78, 5) is 20.2. The first kappa shape index (κ1) is 17.7. The van der Waals surface area contributed by atoms with Crippen LogP contribution < -0.4 is 5.56 Å². The number of hydrogen-bond acceptors (Lipinski definition) is 4. The molecular formula is C20H23N3OS. The van der Waals surface area contributed by atoms with Gasteiger partial charge in [0.05, 0.1) is 16.6 Å². The number of thioether (sulfide) groups is 1. The molecule has 0 bridgehead atoms. The van der Waals surface area contributed by atoms with Crippen molar-refractivity contribution in [3.05, 3.63) is 65.0 Å². The monoisotopic (exact) mass is 353 g/mol. The van der Waals surface area contributed by atoms with E-state index in [1.807, 2.05) is 54.6 Å². The van der Waals surface area contributed by atoms with Crippen molar-refractivity contribution in [2.24, 2.45) is 0 Å². The fourth-order valence-electron chi connectivity index (χ4n) is 2.82. The van der Waals surface area contributed by atoms with Crippen LogP contribution in [0.2, 0.25) is 0 Å². The van der Waals surface area contributed by atoms with Gasteiger partial charge >= 0.3 is 0 Å². The smallest absolute Gasteiger partial charge is 0.266 e. The number of hydrogen-bond donors (Lipinski definition) is 0. The lowest BCUT2D eigenvalue weighted by Gasteiger charge is -2.18. The molecular weight excluding hydrogens is 330 g/mol. The highest BCUT2D eigenvalue weighted by atomic mass is 32.2. The Morgan fingerprint density at radius 2 is 1.68 bits per heavy atom. The predicted molar refractivity (Wildman–Crippen MR) is 106 cm³/mol. The van der Waals surface area contributed by atoms with Crippen molar-refractivity contribution in [1.82, 2.24) is 14.5 Å². The van der Waals surface area contributed by atoms with Gasteiger partial charge in [-0.15, -0.1) is 0 Å². The van der Waals surface area contributed by atoms with E-state index in [1.54, 1.807) is 16.3 Å². The maximum atomic E-state index is 13.1. The molecule has 25 heavy (non-hydrogen) atoms. The van der Waals surface area contributed by atoms with Gasteiger partial charge in [-0.05, 0) is 37.4 Å². The molecule has 0 saturated heterocycles. The zero-order valence-electron chi connectivity index (χ0n) is 14.7. The molecule has 4 nitrogen and oxygen atoms in total. The van der Waals surface area contributed by atoms with Crippen LogP contribution in [0.15, 0.2) is 64.5 Å². The van der Waals surface area contributed by atoms with Gasteiger partial charge < -0.3 is 4.90 Å². The summed E-state index contributed by atoms with van der Waals surface area (Å²) in [5.41, 5.74) is 1.60. The van der Waals surface area contributed by atoms with Crippen LogP contribution in [0.5, 0.6) is 0 Å². The molecule has 0 spiro atoms. The molecule has 1 heterocycles. The van der Waals surface area contributed by atoms with Crippen LogP contribution in [-0.2, 0) is 0 Å². The standard InChI is InChI=1S/C20H23N3OS/c1-3-22(4-2)14-15-25-20-21-18-13-9-8-12-17(18)19(24)23(20)16-10-6-5-7-11-16/h5-13H,3-4,14-15H2,1-2H3. The quantitative estimate of drug-likeness (QED) is 0.478. The molecule has 0 amide bonds. The summed E-state index contributed by atoms with van der Waals surface area (Å²) in [5, 5.41) is 1.40. The second-order valence-electron chi connectivity index (χ2n) is 5.76. The number of fused-ring (bicyclic) bond motifs is 1. The molecule has 0 unspecified atom stereocenters. The highest BCUT2D eigenvalue weighted by Gasteiger charge is 2.13. The van der Waals surface area contributed by atoms with E-state index < -0.39 is 0 Å². The molecule has 0 fully saturated rings. The van der Waals surface area contributed by atoms with Crippen molar-refractivity contribution in [1.29, 1.82) is 0 Å². The minimum atomic E-state index is -0.0119.